The molecule has 4 nitrogen and oxygen atoms in total. The summed E-state index contributed by atoms with van der Waals surface area (Å²) in [6.45, 7) is 9.09. The van der Waals surface area contributed by atoms with Gasteiger partial charge in [-0.15, -0.1) is 0 Å². The maximum atomic E-state index is 9.65. The number of nitrogens with zero attached hydrogens (tertiary/aromatic N) is 1. The Morgan fingerprint density at radius 3 is 2.62 bits per heavy atom. The van der Waals surface area contributed by atoms with Crippen molar-refractivity contribution in [3.8, 4) is 0 Å². The van der Waals surface area contributed by atoms with E-state index in [2.05, 4.69) is 29.4 Å². The minimum absolute atomic E-state index is 0.00839. The summed E-state index contributed by atoms with van der Waals surface area (Å²) in [7, 11) is 0. The largest absolute Gasteiger partial charge is 0.392 e. The van der Waals surface area contributed by atoms with Crippen molar-refractivity contribution in [3.63, 3.8) is 0 Å². The maximum absolute atomic E-state index is 9.65. The van der Waals surface area contributed by atoms with Gasteiger partial charge in [0.1, 0.15) is 0 Å². The summed E-state index contributed by atoms with van der Waals surface area (Å²) in [5.41, 5.74) is 3.42. The lowest BCUT2D eigenvalue weighted by Crippen LogP contribution is -2.59. The first-order valence-electron chi connectivity index (χ1n) is 5.85. The minimum atomic E-state index is -0.170. The molecule has 0 aromatic carbocycles. The molecule has 0 bridgehead atoms. The number of aromatic nitrogens is 2. The van der Waals surface area contributed by atoms with Crippen molar-refractivity contribution in [1.82, 2.24) is 15.5 Å². The molecule has 90 valence electrons. The van der Waals surface area contributed by atoms with Gasteiger partial charge in [0.2, 0.25) is 0 Å². The molecular formula is C12H21N3O. The smallest absolute Gasteiger partial charge is 0.0638 e. The third-order valence-electron chi connectivity index (χ3n) is 4.02. The van der Waals surface area contributed by atoms with Gasteiger partial charge < -0.3 is 10.4 Å². The van der Waals surface area contributed by atoms with E-state index in [0.717, 1.165) is 24.4 Å². The van der Waals surface area contributed by atoms with Gasteiger partial charge in [-0.1, -0.05) is 13.8 Å². The molecule has 3 N–H and O–H groups in total. The summed E-state index contributed by atoms with van der Waals surface area (Å²) in [5.74, 6) is 0. The molecule has 0 saturated heterocycles. The van der Waals surface area contributed by atoms with Crippen LogP contribution in [0, 0.1) is 19.3 Å². The Labute approximate surface area is 96.5 Å². The van der Waals surface area contributed by atoms with Crippen molar-refractivity contribution in [1.29, 1.82) is 0 Å². The van der Waals surface area contributed by atoms with E-state index in [1.165, 1.54) is 5.56 Å². The molecule has 2 atom stereocenters. The van der Waals surface area contributed by atoms with Gasteiger partial charge in [-0.05, 0) is 20.3 Å². The van der Waals surface area contributed by atoms with Crippen LogP contribution in [-0.2, 0) is 6.54 Å². The van der Waals surface area contributed by atoms with Crippen molar-refractivity contribution in [3.05, 3.63) is 17.0 Å². The Hall–Kier alpha value is -0.870. The summed E-state index contributed by atoms with van der Waals surface area (Å²) in [5, 5.41) is 20.3. The Morgan fingerprint density at radius 2 is 2.19 bits per heavy atom. The number of aromatic amines is 1. The molecule has 0 spiro atoms. The highest BCUT2D eigenvalue weighted by molar-refractivity contribution is 5.23. The fourth-order valence-corrected chi connectivity index (χ4v) is 2.31. The van der Waals surface area contributed by atoms with E-state index in [1.807, 2.05) is 13.8 Å². The van der Waals surface area contributed by atoms with E-state index in [9.17, 15) is 5.11 Å². The molecule has 1 aliphatic carbocycles. The molecule has 0 amide bonds. The number of hydrogen-bond acceptors (Lipinski definition) is 3. The first-order chi connectivity index (χ1) is 7.43. The zero-order valence-corrected chi connectivity index (χ0v) is 10.5. The van der Waals surface area contributed by atoms with Gasteiger partial charge in [0.25, 0.3) is 0 Å². The van der Waals surface area contributed by atoms with E-state index < -0.39 is 0 Å². The van der Waals surface area contributed by atoms with Crippen LogP contribution in [0.4, 0.5) is 0 Å². The first-order valence-corrected chi connectivity index (χ1v) is 5.85. The number of aryl methyl sites for hydroxylation is 2. The van der Waals surface area contributed by atoms with E-state index in [4.69, 9.17) is 0 Å². The van der Waals surface area contributed by atoms with Crippen molar-refractivity contribution in [2.75, 3.05) is 0 Å². The molecule has 1 saturated carbocycles. The van der Waals surface area contributed by atoms with Gasteiger partial charge >= 0.3 is 0 Å². The fourth-order valence-electron chi connectivity index (χ4n) is 2.31. The maximum Gasteiger partial charge on any atom is 0.0638 e. The Balaban J connectivity index is 1.94. The van der Waals surface area contributed by atoms with Crippen molar-refractivity contribution in [2.24, 2.45) is 5.41 Å². The topological polar surface area (TPSA) is 60.9 Å². The van der Waals surface area contributed by atoms with E-state index in [1.54, 1.807) is 0 Å². The Kier molecular flexibility index (Phi) is 2.80. The third-order valence-corrected chi connectivity index (χ3v) is 4.02. The van der Waals surface area contributed by atoms with Gasteiger partial charge in [-0.2, -0.15) is 5.10 Å². The number of rotatable bonds is 3. The number of H-pyrrole nitrogens is 1. The minimum Gasteiger partial charge on any atom is -0.392 e. The quantitative estimate of drug-likeness (QED) is 0.723. The molecule has 16 heavy (non-hydrogen) atoms. The van der Waals surface area contributed by atoms with Crippen LogP contribution < -0.4 is 5.32 Å². The van der Waals surface area contributed by atoms with Crippen LogP contribution in [0.2, 0.25) is 0 Å². The van der Waals surface area contributed by atoms with Crippen LogP contribution in [0.5, 0.6) is 0 Å². The molecule has 1 fully saturated rings. The molecule has 2 rings (SSSR count). The SMILES string of the molecule is Cc1n[nH]c(C)c1CNC1CC(O)C1(C)C. The average molecular weight is 223 g/mol. The number of hydrogen-bond donors (Lipinski definition) is 3. The summed E-state index contributed by atoms with van der Waals surface area (Å²) in [6.07, 6.45) is 0.680. The lowest BCUT2D eigenvalue weighted by molar-refractivity contribution is -0.0730. The Morgan fingerprint density at radius 1 is 1.50 bits per heavy atom. The van der Waals surface area contributed by atoms with E-state index >= 15 is 0 Å². The zero-order valence-electron chi connectivity index (χ0n) is 10.5. The average Bonchev–Trinajstić information content (AvgIpc) is 2.54. The molecule has 1 heterocycles. The number of aliphatic hydroxyl groups is 1. The van der Waals surface area contributed by atoms with Gasteiger partial charge in [0.15, 0.2) is 0 Å². The second kappa shape index (κ2) is 3.86. The highest BCUT2D eigenvalue weighted by atomic mass is 16.3. The molecule has 1 aromatic heterocycles. The molecule has 1 aromatic rings. The highest BCUT2D eigenvalue weighted by Gasteiger charge is 2.46. The molecule has 0 radical (unpaired) electrons. The zero-order chi connectivity index (χ0) is 11.9. The standard InChI is InChI=1S/C12H21N3O/c1-7-9(8(2)15-14-7)6-13-10-5-11(16)12(10,3)4/h10-11,13,16H,5-6H2,1-4H3,(H,14,15). The lowest BCUT2D eigenvalue weighted by atomic mass is 9.64. The predicted octanol–water partition coefficient (Wildman–Crippen LogP) is 1.28. The molecule has 4 heteroatoms. The van der Waals surface area contributed by atoms with Crippen LogP contribution in [0.3, 0.4) is 0 Å². The van der Waals surface area contributed by atoms with Gasteiger partial charge in [0, 0.05) is 29.3 Å². The monoisotopic (exact) mass is 223 g/mol. The van der Waals surface area contributed by atoms with Crippen molar-refractivity contribution in [2.45, 2.75) is 52.8 Å². The molecule has 2 unspecified atom stereocenters. The second-order valence-corrected chi connectivity index (χ2v) is 5.42. The van der Waals surface area contributed by atoms with Crippen LogP contribution in [0.25, 0.3) is 0 Å². The summed E-state index contributed by atoms with van der Waals surface area (Å²) in [4.78, 5) is 0. The van der Waals surface area contributed by atoms with E-state index in [-0.39, 0.29) is 11.5 Å². The molecular weight excluding hydrogens is 202 g/mol. The summed E-state index contributed by atoms with van der Waals surface area (Å²) < 4.78 is 0. The van der Waals surface area contributed by atoms with Crippen LogP contribution in [0.15, 0.2) is 0 Å². The molecule has 1 aliphatic rings. The van der Waals surface area contributed by atoms with Crippen molar-refractivity contribution >= 4 is 0 Å². The summed E-state index contributed by atoms with van der Waals surface area (Å²) in [6, 6.07) is 0.399. The highest BCUT2D eigenvalue weighted by Crippen LogP contribution is 2.40. The number of aliphatic hydroxyl groups excluding tert-OH is 1. The summed E-state index contributed by atoms with van der Waals surface area (Å²) >= 11 is 0. The first kappa shape index (κ1) is 11.6. The normalized spacial score (nSPS) is 27.8. The lowest BCUT2D eigenvalue weighted by Gasteiger charge is -2.49. The third kappa shape index (κ3) is 1.76. The van der Waals surface area contributed by atoms with Crippen molar-refractivity contribution < 1.29 is 5.11 Å². The fraction of sp³-hybridized carbons (Fsp3) is 0.750. The van der Waals surface area contributed by atoms with Gasteiger partial charge in [0.05, 0.1) is 11.8 Å². The van der Waals surface area contributed by atoms with Crippen LogP contribution >= 0.6 is 0 Å². The van der Waals surface area contributed by atoms with Gasteiger partial charge in [-0.3, -0.25) is 5.10 Å². The Bertz CT molecular complexity index is 364. The molecule has 0 aliphatic heterocycles. The van der Waals surface area contributed by atoms with Crippen LogP contribution in [-0.4, -0.2) is 27.4 Å². The van der Waals surface area contributed by atoms with Gasteiger partial charge in [-0.25, -0.2) is 0 Å². The van der Waals surface area contributed by atoms with Crippen LogP contribution in [0.1, 0.15) is 37.2 Å². The predicted molar refractivity (Wildman–Crippen MR) is 63.1 cm³/mol. The number of nitrogens with one attached hydrogen (secondary N) is 2. The van der Waals surface area contributed by atoms with E-state index in [0.29, 0.717) is 6.04 Å². The second-order valence-electron chi connectivity index (χ2n) is 5.42.